The van der Waals surface area contributed by atoms with Crippen LogP contribution in [0.15, 0.2) is 42.5 Å². The summed E-state index contributed by atoms with van der Waals surface area (Å²) in [5, 5.41) is 3.03. The number of amides is 1. The highest BCUT2D eigenvalue weighted by atomic mass is 16.5. The van der Waals surface area contributed by atoms with Gasteiger partial charge < -0.3 is 10.1 Å². The molecular weight excluding hydrogens is 262 g/mol. The highest BCUT2D eigenvalue weighted by Crippen LogP contribution is 2.28. The van der Waals surface area contributed by atoms with E-state index in [1.165, 1.54) is 0 Å². The van der Waals surface area contributed by atoms with Crippen molar-refractivity contribution in [3.8, 4) is 5.75 Å². The van der Waals surface area contributed by atoms with Crippen LogP contribution in [0.2, 0.25) is 0 Å². The SMILES string of the molecule is COc1cccc(C(=O)Nc2c(C)cccc2C(C)C)c1. The Labute approximate surface area is 126 Å². The van der Waals surface area contributed by atoms with E-state index in [-0.39, 0.29) is 5.91 Å². The van der Waals surface area contributed by atoms with Gasteiger partial charge in [0.15, 0.2) is 0 Å². The van der Waals surface area contributed by atoms with Crippen molar-refractivity contribution in [1.82, 2.24) is 0 Å². The Bertz CT molecular complexity index is 647. The van der Waals surface area contributed by atoms with E-state index >= 15 is 0 Å². The highest BCUT2D eigenvalue weighted by molar-refractivity contribution is 6.05. The Kier molecular flexibility index (Phi) is 4.63. The lowest BCUT2D eigenvalue weighted by molar-refractivity contribution is 0.102. The average Bonchev–Trinajstić information content (AvgIpc) is 2.49. The predicted molar refractivity (Wildman–Crippen MR) is 86.2 cm³/mol. The van der Waals surface area contributed by atoms with Gasteiger partial charge in [-0.25, -0.2) is 0 Å². The first kappa shape index (κ1) is 15.1. The smallest absolute Gasteiger partial charge is 0.255 e. The molecule has 110 valence electrons. The van der Waals surface area contributed by atoms with Gasteiger partial charge in [0.25, 0.3) is 5.91 Å². The molecule has 0 aliphatic heterocycles. The number of carbonyl (C=O) groups excluding carboxylic acids is 1. The number of nitrogens with one attached hydrogen (secondary N) is 1. The minimum Gasteiger partial charge on any atom is -0.497 e. The zero-order valence-corrected chi connectivity index (χ0v) is 12.9. The van der Waals surface area contributed by atoms with Crippen LogP contribution in [-0.4, -0.2) is 13.0 Å². The lowest BCUT2D eigenvalue weighted by Crippen LogP contribution is -2.14. The molecule has 2 aromatic carbocycles. The molecule has 1 amide bonds. The van der Waals surface area contributed by atoms with Crippen LogP contribution in [0.3, 0.4) is 0 Å². The molecule has 0 fully saturated rings. The number of benzene rings is 2. The molecule has 0 atom stereocenters. The standard InChI is InChI=1S/C18H21NO2/c1-12(2)16-10-5-7-13(3)17(16)19-18(20)14-8-6-9-15(11-14)21-4/h5-12H,1-4H3,(H,19,20). The summed E-state index contributed by atoms with van der Waals surface area (Å²) in [6.45, 7) is 6.25. The third kappa shape index (κ3) is 3.43. The normalized spacial score (nSPS) is 10.5. The van der Waals surface area contributed by atoms with Crippen molar-refractivity contribution in [2.75, 3.05) is 12.4 Å². The van der Waals surface area contributed by atoms with Crippen molar-refractivity contribution >= 4 is 11.6 Å². The molecule has 0 aliphatic carbocycles. The Balaban J connectivity index is 2.31. The quantitative estimate of drug-likeness (QED) is 0.904. The van der Waals surface area contributed by atoms with Crippen LogP contribution in [0.1, 0.15) is 41.3 Å². The van der Waals surface area contributed by atoms with Gasteiger partial charge in [-0.2, -0.15) is 0 Å². The van der Waals surface area contributed by atoms with E-state index in [1.54, 1.807) is 19.2 Å². The van der Waals surface area contributed by atoms with E-state index in [0.29, 0.717) is 17.2 Å². The third-order valence-corrected chi connectivity index (χ3v) is 3.50. The second kappa shape index (κ2) is 6.44. The van der Waals surface area contributed by atoms with Crippen molar-refractivity contribution < 1.29 is 9.53 Å². The van der Waals surface area contributed by atoms with E-state index in [2.05, 4.69) is 25.2 Å². The van der Waals surface area contributed by atoms with Crippen molar-refractivity contribution in [1.29, 1.82) is 0 Å². The molecule has 0 unspecified atom stereocenters. The molecule has 0 saturated heterocycles. The number of hydrogen-bond donors (Lipinski definition) is 1. The molecule has 0 heterocycles. The van der Waals surface area contributed by atoms with E-state index in [0.717, 1.165) is 16.8 Å². The number of aryl methyl sites for hydroxylation is 1. The van der Waals surface area contributed by atoms with Gasteiger partial charge >= 0.3 is 0 Å². The maximum atomic E-state index is 12.4. The maximum Gasteiger partial charge on any atom is 0.255 e. The molecule has 0 radical (unpaired) electrons. The maximum absolute atomic E-state index is 12.4. The van der Waals surface area contributed by atoms with E-state index < -0.39 is 0 Å². The lowest BCUT2D eigenvalue weighted by atomic mass is 9.98. The first-order valence-electron chi connectivity index (χ1n) is 7.08. The summed E-state index contributed by atoms with van der Waals surface area (Å²) >= 11 is 0. The van der Waals surface area contributed by atoms with Gasteiger partial charge in [-0.1, -0.05) is 38.1 Å². The van der Waals surface area contributed by atoms with Crippen LogP contribution in [0.5, 0.6) is 5.75 Å². The van der Waals surface area contributed by atoms with Gasteiger partial charge in [0.05, 0.1) is 7.11 Å². The number of methoxy groups -OCH3 is 1. The van der Waals surface area contributed by atoms with E-state index in [4.69, 9.17) is 4.74 Å². The number of rotatable bonds is 4. The zero-order chi connectivity index (χ0) is 15.4. The van der Waals surface area contributed by atoms with Crippen molar-refractivity contribution in [3.05, 3.63) is 59.2 Å². The molecule has 21 heavy (non-hydrogen) atoms. The van der Waals surface area contributed by atoms with Gasteiger partial charge in [-0.3, -0.25) is 4.79 Å². The van der Waals surface area contributed by atoms with Gasteiger partial charge in [-0.15, -0.1) is 0 Å². The van der Waals surface area contributed by atoms with Gasteiger partial charge in [0.2, 0.25) is 0 Å². The van der Waals surface area contributed by atoms with Gasteiger partial charge in [-0.05, 0) is 42.2 Å². The second-order valence-electron chi connectivity index (χ2n) is 5.38. The van der Waals surface area contributed by atoms with Crippen LogP contribution in [0.25, 0.3) is 0 Å². The predicted octanol–water partition coefficient (Wildman–Crippen LogP) is 4.38. The fourth-order valence-electron chi connectivity index (χ4n) is 2.29. The number of ether oxygens (including phenoxy) is 1. The molecule has 0 saturated carbocycles. The van der Waals surface area contributed by atoms with Crippen molar-refractivity contribution in [3.63, 3.8) is 0 Å². The summed E-state index contributed by atoms with van der Waals surface area (Å²) < 4.78 is 5.16. The topological polar surface area (TPSA) is 38.3 Å². The number of para-hydroxylation sites is 1. The lowest BCUT2D eigenvalue weighted by Gasteiger charge is -2.16. The third-order valence-electron chi connectivity index (χ3n) is 3.50. The first-order valence-corrected chi connectivity index (χ1v) is 7.08. The average molecular weight is 283 g/mol. The van der Waals surface area contributed by atoms with Crippen LogP contribution in [0, 0.1) is 6.92 Å². The van der Waals surface area contributed by atoms with Gasteiger partial charge in [0.1, 0.15) is 5.75 Å². The molecule has 2 aromatic rings. The Morgan fingerprint density at radius 3 is 2.52 bits per heavy atom. The number of carbonyl (C=O) groups is 1. The first-order chi connectivity index (χ1) is 10.0. The summed E-state index contributed by atoms with van der Waals surface area (Å²) in [5.74, 6) is 0.909. The molecular formula is C18H21NO2. The monoisotopic (exact) mass is 283 g/mol. The molecule has 0 aromatic heterocycles. The van der Waals surface area contributed by atoms with E-state index in [1.807, 2.05) is 31.2 Å². The Hall–Kier alpha value is -2.29. The summed E-state index contributed by atoms with van der Waals surface area (Å²) in [6, 6.07) is 13.2. The minimum atomic E-state index is -0.120. The molecule has 0 spiro atoms. The Morgan fingerprint density at radius 2 is 1.86 bits per heavy atom. The van der Waals surface area contributed by atoms with Crippen molar-refractivity contribution in [2.45, 2.75) is 26.7 Å². The number of anilines is 1. The largest absolute Gasteiger partial charge is 0.497 e. The second-order valence-corrected chi connectivity index (χ2v) is 5.38. The molecule has 3 heteroatoms. The Morgan fingerprint density at radius 1 is 1.14 bits per heavy atom. The summed E-state index contributed by atoms with van der Waals surface area (Å²) in [4.78, 5) is 12.4. The molecule has 2 rings (SSSR count). The van der Waals surface area contributed by atoms with Crippen LogP contribution >= 0.6 is 0 Å². The molecule has 1 N–H and O–H groups in total. The fourth-order valence-corrected chi connectivity index (χ4v) is 2.29. The van der Waals surface area contributed by atoms with E-state index in [9.17, 15) is 4.79 Å². The summed E-state index contributed by atoms with van der Waals surface area (Å²) in [6.07, 6.45) is 0. The van der Waals surface area contributed by atoms with Crippen molar-refractivity contribution in [2.24, 2.45) is 0 Å². The summed E-state index contributed by atoms with van der Waals surface area (Å²) in [5.41, 5.74) is 3.70. The number of hydrogen-bond acceptors (Lipinski definition) is 2. The minimum absolute atomic E-state index is 0.120. The van der Waals surface area contributed by atoms with Gasteiger partial charge in [0, 0.05) is 11.3 Å². The highest BCUT2D eigenvalue weighted by Gasteiger charge is 2.13. The molecule has 0 aliphatic rings. The zero-order valence-electron chi connectivity index (χ0n) is 12.9. The van der Waals surface area contributed by atoms with Crippen LogP contribution in [-0.2, 0) is 0 Å². The van der Waals surface area contributed by atoms with Crippen LogP contribution in [0.4, 0.5) is 5.69 Å². The van der Waals surface area contributed by atoms with Crippen LogP contribution < -0.4 is 10.1 Å². The fraction of sp³-hybridized carbons (Fsp3) is 0.278. The summed E-state index contributed by atoms with van der Waals surface area (Å²) in [7, 11) is 1.59. The molecule has 0 bridgehead atoms. The molecule has 3 nitrogen and oxygen atoms in total.